The number of rotatable bonds is 4. The van der Waals surface area contributed by atoms with Crippen LogP contribution in [-0.2, 0) is 6.42 Å². The van der Waals surface area contributed by atoms with Gasteiger partial charge in [-0.1, -0.05) is 43.3 Å². The minimum Gasteiger partial charge on any atom is -0.0587 e. The van der Waals surface area contributed by atoms with E-state index in [0.29, 0.717) is 11.3 Å². The Bertz CT molecular complexity index is 736. The molecular formula is C25H29I. The van der Waals surface area contributed by atoms with Crippen LogP contribution >= 0.6 is 22.6 Å². The topological polar surface area (TPSA) is 0 Å². The van der Waals surface area contributed by atoms with E-state index in [1.54, 1.807) is 24.8 Å². The normalized spacial score (nSPS) is 33.4. The van der Waals surface area contributed by atoms with Gasteiger partial charge in [-0.25, -0.2) is 0 Å². The summed E-state index contributed by atoms with van der Waals surface area (Å²) in [5.41, 5.74) is 5.09. The van der Waals surface area contributed by atoms with Gasteiger partial charge in [-0.15, -0.1) is 0 Å². The summed E-state index contributed by atoms with van der Waals surface area (Å²) in [7, 11) is 0. The molecule has 0 aliphatic heterocycles. The van der Waals surface area contributed by atoms with E-state index in [1.165, 1.54) is 40.4 Å². The maximum Gasteiger partial charge on any atom is 0.0130 e. The van der Waals surface area contributed by atoms with Crippen LogP contribution < -0.4 is 0 Å². The van der Waals surface area contributed by atoms with Crippen LogP contribution in [0.25, 0.3) is 0 Å². The summed E-state index contributed by atoms with van der Waals surface area (Å²) >= 11 is 2.38. The second-order valence-corrected chi connectivity index (χ2v) is 10.9. The van der Waals surface area contributed by atoms with Crippen molar-refractivity contribution in [2.24, 2.45) is 23.2 Å². The fourth-order valence-electron chi connectivity index (χ4n) is 6.81. The maximum absolute atomic E-state index is 2.43. The standard InChI is InChI=1S/C25H29I/c1-17(23-6-8-24(26)9-7-23)22-4-2-18(3-5-22)13-25-14-19-10-20(15-25)12-21(11-19)16-25/h2-9,17,19-21H,10-16H2,1H3. The highest BCUT2D eigenvalue weighted by molar-refractivity contribution is 14.1. The van der Waals surface area contributed by atoms with Crippen molar-refractivity contribution in [2.75, 3.05) is 0 Å². The Morgan fingerprint density at radius 1 is 0.808 bits per heavy atom. The van der Waals surface area contributed by atoms with Crippen LogP contribution in [-0.4, -0.2) is 0 Å². The molecule has 1 heteroatoms. The lowest BCUT2D eigenvalue weighted by Gasteiger charge is -2.57. The molecule has 2 aromatic carbocycles. The highest BCUT2D eigenvalue weighted by atomic mass is 127. The van der Waals surface area contributed by atoms with E-state index in [9.17, 15) is 0 Å². The summed E-state index contributed by atoms with van der Waals surface area (Å²) in [6, 6.07) is 18.6. The predicted molar refractivity (Wildman–Crippen MR) is 117 cm³/mol. The minimum absolute atomic E-state index is 0.473. The van der Waals surface area contributed by atoms with E-state index >= 15 is 0 Å². The van der Waals surface area contributed by atoms with E-state index in [1.807, 2.05) is 0 Å². The lowest BCUT2D eigenvalue weighted by atomic mass is 9.48. The van der Waals surface area contributed by atoms with Crippen molar-refractivity contribution in [3.8, 4) is 0 Å². The first-order valence-electron chi connectivity index (χ1n) is 10.4. The van der Waals surface area contributed by atoms with Crippen LogP contribution in [0, 0.1) is 26.7 Å². The van der Waals surface area contributed by atoms with Crippen molar-refractivity contribution in [3.63, 3.8) is 0 Å². The van der Waals surface area contributed by atoms with Gasteiger partial charge in [0.25, 0.3) is 0 Å². The molecular weight excluding hydrogens is 427 g/mol. The monoisotopic (exact) mass is 456 g/mol. The van der Waals surface area contributed by atoms with Crippen molar-refractivity contribution in [1.82, 2.24) is 0 Å². The summed E-state index contributed by atoms with van der Waals surface area (Å²) in [6.45, 7) is 2.33. The Kier molecular flexibility index (Phi) is 4.42. The molecule has 4 aliphatic carbocycles. The fraction of sp³-hybridized carbons (Fsp3) is 0.520. The predicted octanol–water partition coefficient (Wildman–Crippen LogP) is 7.20. The van der Waals surface area contributed by atoms with Crippen LogP contribution in [0.15, 0.2) is 48.5 Å². The van der Waals surface area contributed by atoms with Crippen molar-refractivity contribution >= 4 is 22.6 Å². The van der Waals surface area contributed by atoms with E-state index in [-0.39, 0.29) is 0 Å². The molecule has 4 bridgehead atoms. The molecule has 0 saturated heterocycles. The van der Waals surface area contributed by atoms with Gasteiger partial charge < -0.3 is 0 Å². The highest BCUT2D eigenvalue weighted by Gasteiger charge is 2.50. The third kappa shape index (κ3) is 3.25. The molecule has 2 aromatic rings. The molecule has 4 aliphatic rings. The van der Waals surface area contributed by atoms with Gasteiger partial charge in [-0.3, -0.25) is 0 Å². The number of hydrogen-bond donors (Lipinski definition) is 0. The molecule has 0 radical (unpaired) electrons. The molecule has 0 amide bonds. The van der Waals surface area contributed by atoms with Gasteiger partial charge in [0, 0.05) is 9.49 Å². The van der Waals surface area contributed by atoms with Gasteiger partial charge in [0.05, 0.1) is 0 Å². The van der Waals surface area contributed by atoms with Gasteiger partial charge in [-0.05, 0) is 120 Å². The second-order valence-electron chi connectivity index (χ2n) is 9.61. The first kappa shape index (κ1) is 17.3. The zero-order valence-electron chi connectivity index (χ0n) is 15.8. The highest BCUT2D eigenvalue weighted by Crippen LogP contribution is 2.61. The summed E-state index contributed by atoms with van der Waals surface area (Å²) in [5.74, 6) is 3.64. The second kappa shape index (κ2) is 6.65. The molecule has 6 rings (SSSR count). The Morgan fingerprint density at radius 2 is 1.27 bits per heavy atom. The van der Waals surface area contributed by atoms with Gasteiger partial charge >= 0.3 is 0 Å². The average molecular weight is 456 g/mol. The zero-order valence-corrected chi connectivity index (χ0v) is 17.9. The first-order valence-corrected chi connectivity index (χ1v) is 11.5. The van der Waals surface area contributed by atoms with Gasteiger partial charge in [0.1, 0.15) is 0 Å². The molecule has 1 unspecified atom stereocenters. The summed E-state index contributed by atoms with van der Waals surface area (Å²) in [5, 5.41) is 0. The van der Waals surface area contributed by atoms with Crippen LogP contribution in [0.2, 0.25) is 0 Å². The Morgan fingerprint density at radius 3 is 1.77 bits per heavy atom. The molecule has 4 fully saturated rings. The van der Waals surface area contributed by atoms with E-state index in [0.717, 1.165) is 17.8 Å². The molecule has 0 N–H and O–H groups in total. The van der Waals surface area contributed by atoms with Gasteiger partial charge in [0.15, 0.2) is 0 Å². The van der Waals surface area contributed by atoms with Crippen LogP contribution in [0.5, 0.6) is 0 Å². The van der Waals surface area contributed by atoms with Crippen LogP contribution in [0.4, 0.5) is 0 Å². The molecule has 4 saturated carbocycles. The quantitative estimate of drug-likeness (QED) is 0.427. The third-order valence-electron chi connectivity index (χ3n) is 7.59. The molecule has 136 valence electrons. The number of halogens is 1. The van der Waals surface area contributed by atoms with E-state index in [4.69, 9.17) is 0 Å². The first-order chi connectivity index (χ1) is 12.6. The lowest BCUT2D eigenvalue weighted by molar-refractivity contribution is -0.0521. The summed E-state index contributed by atoms with van der Waals surface area (Å²) in [6.07, 6.45) is 10.5. The molecule has 0 spiro atoms. The summed E-state index contributed by atoms with van der Waals surface area (Å²) in [4.78, 5) is 0. The van der Waals surface area contributed by atoms with Crippen LogP contribution in [0.1, 0.15) is 68.1 Å². The molecule has 26 heavy (non-hydrogen) atoms. The molecule has 0 heterocycles. The SMILES string of the molecule is CC(c1ccc(I)cc1)c1ccc(CC23CC4CC(CC(C4)C2)C3)cc1. The Balaban J connectivity index is 1.32. The lowest BCUT2D eigenvalue weighted by Crippen LogP contribution is -2.47. The van der Waals surface area contributed by atoms with Crippen LogP contribution in [0.3, 0.4) is 0 Å². The minimum atomic E-state index is 0.473. The van der Waals surface area contributed by atoms with Crippen molar-refractivity contribution in [2.45, 2.75) is 57.8 Å². The van der Waals surface area contributed by atoms with E-state index in [2.05, 4.69) is 78.0 Å². The Labute approximate surface area is 171 Å². The van der Waals surface area contributed by atoms with Gasteiger partial charge in [0.2, 0.25) is 0 Å². The molecule has 0 aromatic heterocycles. The number of benzene rings is 2. The van der Waals surface area contributed by atoms with Crippen molar-refractivity contribution in [1.29, 1.82) is 0 Å². The molecule has 1 atom stereocenters. The third-order valence-corrected chi connectivity index (χ3v) is 8.31. The van der Waals surface area contributed by atoms with Crippen molar-refractivity contribution < 1.29 is 0 Å². The summed E-state index contributed by atoms with van der Waals surface area (Å²) < 4.78 is 1.31. The number of hydrogen-bond acceptors (Lipinski definition) is 0. The fourth-order valence-corrected chi connectivity index (χ4v) is 7.17. The largest absolute Gasteiger partial charge is 0.0587 e. The van der Waals surface area contributed by atoms with Gasteiger partial charge in [-0.2, -0.15) is 0 Å². The van der Waals surface area contributed by atoms with E-state index < -0.39 is 0 Å². The average Bonchev–Trinajstić information content (AvgIpc) is 2.61. The van der Waals surface area contributed by atoms with Crippen molar-refractivity contribution in [3.05, 3.63) is 68.8 Å². The zero-order chi connectivity index (χ0) is 17.7. The molecule has 0 nitrogen and oxygen atoms in total. The Hall–Kier alpha value is -0.830. The maximum atomic E-state index is 2.43. The smallest absolute Gasteiger partial charge is 0.0130 e.